The molecule has 27 heavy (non-hydrogen) atoms. The standard InChI is InChI=1S/C18H31N9/c1-5-7-10-19-18(20-11-17-24-23-13(3)26(17)4)21-14-8-9-16-22-15(6-2)25-27(16)12-14/h14H,5-12H2,1-4H3,(H2,19,20,21). The summed E-state index contributed by atoms with van der Waals surface area (Å²) in [6.45, 7) is 8.45. The number of fused-ring (bicyclic) bond motifs is 1. The number of aliphatic imine (C=N–C) groups is 1. The van der Waals surface area contributed by atoms with Gasteiger partial charge in [-0.25, -0.2) is 14.7 Å². The lowest BCUT2D eigenvalue weighted by atomic mass is 10.1. The van der Waals surface area contributed by atoms with Crippen LogP contribution in [0.1, 0.15) is 56.4 Å². The number of guanidine groups is 1. The number of unbranched alkanes of at least 4 members (excludes halogenated alkanes) is 1. The van der Waals surface area contributed by atoms with Gasteiger partial charge < -0.3 is 15.2 Å². The molecule has 0 aliphatic carbocycles. The molecule has 0 radical (unpaired) electrons. The van der Waals surface area contributed by atoms with Gasteiger partial charge >= 0.3 is 0 Å². The molecule has 3 rings (SSSR count). The zero-order valence-corrected chi connectivity index (χ0v) is 16.9. The third kappa shape index (κ3) is 4.84. The summed E-state index contributed by atoms with van der Waals surface area (Å²) in [5, 5.41) is 19.9. The highest BCUT2D eigenvalue weighted by Crippen LogP contribution is 2.13. The van der Waals surface area contributed by atoms with Crippen molar-refractivity contribution >= 4 is 5.96 Å². The van der Waals surface area contributed by atoms with Crippen molar-refractivity contribution in [3.63, 3.8) is 0 Å². The van der Waals surface area contributed by atoms with Gasteiger partial charge in [0.05, 0.1) is 6.54 Å². The lowest BCUT2D eigenvalue weighted by molar-refractivity contribution is 0.391. The largest absolute Gasteiger partial charge is 0.356 e. The minimum atomic E-state index is 0.290. The van der Waals surface area contributed by atoms with Gasteiger partial charge in [-0.15, -0.1) is 10.2 Å². The molecule has 2 aromatic rings. The molecule has 2 N–H and O–H groups in total. The average molecular weight is 374 g/mol. The smallest absolute Gasteiger partial charge is 0.191 e. The lowest BCUT2D eigenvalue weighted by Crippen LogP contribution is -2.47. The predicted octanol–water partition coefficient (Wildman–Crippen LogP) is 1.13. The summed E-state index contributed by atoms with van der Waals surface area (Å²) in [4.78, 5) is 9.33. The SMILES string of the molecule is CCCCNC(=NCc1nnc(C)n1C)NC1CCc2nc(CC)nn2C1. The number of nitrogens with one attached hydrogen (secondary N) is 2. The molecule has 1 unspecified atom stereocenters. The summed E-state index contributed by atoms with van der Waals surface area (Å²) in [6.07, 6.45) is 5.10. The zero-order chi connectivity index (χ0) is 19.2. The molecule has 2 aromatic heterocycles. The predicted molar refractivity (Wildman–Crippen MR) is 104 cm³/mol. The van der Waals surface area contributed by atoms with Crippen LogP contribution in [0.5, 0.6) is 0 Å². The molecule has 0 aromatic carbocycles. The number of aromatic nitrogens is 6. The summed E-state index contributed by atoms with van der Waals surface area (Å²) in [6, 6.07) is 0.290. The van der Waals surface area contributed by atoms with E-state index in [1.807, 2.05) is 23.2 Å². The fourth-order valence-electron chi connectivity index (χ4n) is 3.10. The van der Waals surface area contributed by atoms with Gasteiger partial charge in [-0.2, -0.15) is 5.10 Å². The molecule has 148 valence electrons. The molecule has 0 spiro atoms. The van der Waals surface area contributed by atoms with E-state index in [4.69, 9.17) is 4.99 Å². The van der Waals surface area contributed by atoms with E-state index in [0.717, 1.165) is 74.5 Å². The maximum absolute atomic E-state index is 4.74. The van der Waals surface area contributed by atoms with Crippen LogP contribution < -0.4 is 10.6 Å². The van der Waals surface area contributed by atoms with Crippen molar-refractivity contribution in [1.82, 2.24) is 40.2 Å². The second-order valence-electron chi connectivity index (χ2n) is 7.03. The van der Waals surface area contributed by atoms with Crippen LogP contribution in [0.4, 0.5) is 0 Å². The van der Waals surface area contributed by atoms with Gasteiger partial charge in [0.25, 0.3) is 0 Å². The highest BCUT2D eigenvalue weighted by molar-refractivity contribution is 5.80. The van der Waals surface area contributed by atoms with Gasteiger partial charge in [0.1, 0.15) is 18.2 Å². The Hall–Kier alpha value is -2.45. The molecule has 1 aliphatic rings. The fourth-order valence-corrected chi connectivity index (χ4v) is 3.10. The topological polar surface area (TPSA) is 97.8 Å². The summed E-state index contributed by atoms with van der Waals surface area (Å²) in [5.41, 5.74) is 0. The lowest BCUT2D eigenvalue weighted by Gasteiger charge is -2.25. The third-order valence-corrected chi connectivity index (χ3v) is 4.94. The first-order chi connectivity index (χ1) is 13.1. The van der Waals surface area contributed by atoms with Crippen LogP contribution in [0.25, 0.3) is 0 Å². The molecule has 9 nitrogen and oxygen atoms in total. The second kappa shape index (κ2) is 8.96. The minimum absolute atomic E-state index is 0.290. The zero-order valence-electron chi connectivity index (χ0n) is 16.9. The Kier molecular flexibility index (Phi) is 6.41. The molecular formula is C18H31N9. The van der Waals surface area contributed by atoms with Crippen LogP contribution in [0, 0.1) is 6.92 Å². The third-order valence-electron chi connectivity index (χ3n) is 4.94. The monoisotopic (exact) mass is 373 g/mol. The summed E-state index contributed by atoms with van der Waals surface area (Å²) in [5.74, 6) is 4.61. The number of aryl methyl sites for hydroxylation is 3. The highest BCUT2D eigenvalue weighted by atomic mass is 15.4. The molecule has 1 aliphatic heterocycles. The van der Waals surface area contributed by atoms with Crippen LogP contribution in [-0.4, -0.2) is 48.1 Å². The van der Waals surface area contributed by atoms with Crippen molar-refractivity contribution in [2.45, 2.75) is 72.0 Å². The van der Waals surface area contributed by atoms with Crippen molar-refractivity contribution in [2.24, 2.45) is 12.0 Å². The van der Waals surface area contributed by atoms with E-state index >= 15 is 0 Å². The molecular weight excluding hydrogens is 342 g/mol. The normalized spacial score (nSPS) is 17.0. The Balaban J connectivity index is 1.65. The van der Waals surface area contributed by atoms with Gasteiger partial charge in [0.2, 0.25) is 0 Å². The molecule has 3 heterocycles. The van der Waals surface area contributed by atoms with Crippen molar-refractivity contribution in [2.75, 3.05) is 6.54 Å². The molecule has 9 heteroatoms. The summed E-state index contributed by atoms with van der Waals surface area (Å²) >= 11 is 0. The Bertz CT molecular complexity index is 774. The first kappa shape index (κ1) is 19.3. The number of rotatable bonds is 7. The molecule has 0 saturated heterocycles. The molecule has 0 saturated carbocycles. The number of nitrogens with zero attached hydrogens (tertiary/aromatic N) is 7. The van der Waals surface area contributed by atoms with Crippen molar-refractivity contribution in [1.29, 1.82) is 0 Å². The van der Waals surface area contributed by atoms with Gasteiger partial charge in [0, 0.05) is 32.5 Å². The Labute approximate surface area is 160 Å². The molecule has 0 fully saturated rings. The molecule has 1 atom stereocenters. The first-order valence-electron chi connectivity index (χ1n) is 9.93. The van der Waals surface area contributed by atoms with Crippen LogP contribution in [0.15, 0.2) is 4.99 Å². The van der Waals surface area contributed by atoms with Crippen molar-refractivity contribution in [3.05, 3.63) is 23.3 Å². The first-order valence-corrected chi connectivity index (χ1v) is 9.93. The molecule has 0 bridgehead atoms. The van der Waals surface area contributed by atoms with Gasteiger partial charge in [0.15, 0.2) is 17.6 Å². The second-order valence-corrected chi connectivity index (χ2v) is 7.03. The van der Waals surface area contributed by atoms with E-state index in [-0.39, 0.29) is 6.04 Å². The van der Waals surface area contributed by atoms with E-state index in [0.29, 0.717) is 6.54 Å². The molecule has 0 amide bonds. The number of hydrogen-bond acceptors (Lipinski definition) is 5. The minimum Gasteiger partial charge on any atom is -0.356 e. The van der Waals surface area contributed by atoms with Gasteiger partial charge in [-0.1, -0.05) is 20.3 Å². The van der Waals surface area contributed by atoms with E-state index in [1.54, 1.807) is 0 Å². The van der Waals surface area contributed by atoms with E-state index in [1.165, 1.54) is 0 Å². The maximum Gasteiger partial charge on any atom is 0.191 e. The van der Waals surface area contributed by atoms with E-state index < -0.39 is 0 Å². The van der Waals surface area contributed by atoms with Gasteiger partial charge in [-0.05, 0) is 19.8 Å². The highest BCUT2D eigenvalue weighted by Gasteiger charge is 2.22. The van der Waals surface area contributed by atoms with E-state index in [2.05, 4.69) is 44.8 Å². The summed E-state index contributed by atoms with van der Waals surface area (Å²) < 4.78 is 4.01. The fraction of sp³-hybridized carbons (Fsp3) is 0.722. The van der Waals surface area contributed by atoms with Crippen molar-refractivity contribution in [3.8, 4) is 0 Å². The average Bonchev–Trinajstić information content (AvgIpc) is 3.23. The van der Waals surface area contributed by atoms with E-state index in [9.17, 15) is 0 Å². The van der Waals surface area contributed by atoms with Crippen LogP contribution in [0.3, 0.4) is 0 Å². The summed E-state index contributed by atoms with van der Waals surface area (Å²) in [7, 11) is 1.97. The van der Waals surface area contributed by atoms with Crippen LogP contribution in [0.2, 0.25) is 0 Å². The maximum atomic E-state index is 4.74. The Morgan fingerprint density at radius 2 is 2.15 bits per heavy atom. The van der Waals surface area contributed by atoms with Crippen LogP contribution >= 0.6 is 0 Å². The van der Waals surface area contributed by atoms with Crippen molar-refractivity contribution < 1.29 is 0 Å². The Morgan fingerprint density at radius 1 is 1.30 bits per heavy atom. The van der Waals surface area contributed by atoms with Crippen LogP contribution in [-0.2, 0) is 33.0 Å². The number of hydrogen-bond donors (Lipinski definition) is 2. The quantitative estimate of drug-likeness (QED) is 0.429. The van der Waals surface area contributed by atoms with Gasteiger partial charge in [-0.3, -0.25) is 0 Å². The Morgan fingerprint density at radius 3 is 2.85 bits per heavy atom.